The van der Waals surface area contributed by atoms with Crippen molar-refractivity contribution in [2.75, 3.05) is 0 Å². The van der Waals surface area contributed by atoms with Gasteiger partial charge in [0.2, 0.25) is 0 Å². The van der Waals surface area contributed by atoms with Crippen LogP contribution in [-0.2, 0) is 28.1 Å². The molecule has 3 heteroatoms. The number of rotatable bonds is 2. The van der Waals surface area contributed by atoms with Crippen molar-refractivity contribution >= 4 is 11.6 Å². The zero-order chi connectivity index (χ0) is 7.44. The number of Topliss-reactive ketones (excluding diaryl/α,β-unsaturated/α-hetero) is 2. The molecule has 1 radical (unpaired) electrons. The van der Waals surface area contributed by atoms with E-state index in [1.165, 1.54) is 19.9 Å². The second-order valence-electron chi connectivity index (χ2n) is 1.81. The summed E-state index contributed by atoms with van der Waals surface area (Å²) in [5.41, 5.74) is 0.287. The van der Waals surface area contributed by atoms with Crippen LogP contribution >= 0.6 is 0 Å². The topological polar surface area (TPSA) is 34.1 Å². The summed E-state index contributed by atoms with van der Waals surface area (Å²) in [5, 5.41) is 0. The van der Waals surface area contributed by atoms with Gasteiger partial charge in [-0.15, -0.1) is 0 Å². The average molecular weight is 177 g/mol. The molecule has 0 fully saturated rings. The van der Waals surface area contributed by atoms with E-state index in [2.05, 4.69) is 0 Å². The molecule has 0 aromatic heterocycles. The van der Waals surface area contributed by atoms with E-state index in [1.807, 2.05) is 0 Å². The van der Waals surface area contributed by atoms with Crippen LogP contribution < -0.4 is 0 Å². The summed E-state index contributed by atoms with van der Waals surface area (Å²) < 4.78 is 0. The molecule has 0 heterocycles. The molecular formula is C7H10O2V. The second-order valence-corrected chi connectivity index (χ2v) is 1.81. The molecule has 0 bridgehead atoms. The maximum atomic E-state index is 10.5. The standard InChI is InChI=1S/C7H10O2.V/c1-4-7(5(2)8)6(3)9;/h4H,1-3H3;. The largest absolute Gasteiger partial charge is 0.294 e. The fourth-order valence-electron chi connectivity index (χ4n) is 0.654. The van der Waals surface area contributed by atoms with Gasteiger partial charge in [0.1, 0.15) is 0 Å². The number of ketones is 2. The Hall–Kier alpha value is -0.336. The van der Waals surface area contributed by atoms with Crippen LogP contribution in [0.4, 0.5) is 0 Å². The molecule has 0 atom stereocenters. The fraction of sp³-hybridized carbons (Fsp3) is 0.429. The molecule has 0 aliphatic carbocycles. The van der Waals surface area contributed by atoms with Crippen LogP contribution in [-0.4, -0.2) is 11.6 Å². The summed E-state index contributed by atoms with van der Waals surface area (Å²) >= 11 is 0. The summed E-state index contributed by atoms with van der Waals surface area (Å²) in [4.78, 5) is 21.1. The van der Waals surface area contributed by atoms with Gasteiger partial charge in [0.15, 0.2) is 11.6 Å². The average Bonchev–Trinajstić information content (AvgIpc) is 1.64. The van der Waals surface area contributed by atoms with Crippen LogP contribution in [0.15, 0.2) is 11.6 Å². The molecule has 0 spiro atoms. The van der Waals surface area contributed by atoms with Gasteiger partial charge in [-0.05, 0) is 20.8 Å². The first-order chi connectivity index (χ1) is 4.09. The monoisotopic (exact) mass is 177 g/mol. The van der Waals surface area contributed by atoms with E-state index in [1.54, 1.807) is 6.92 Å². The van der Waals surface area contributed by atoms with Crippen molar-refractivity contribution in [3.8, 4) is 0 Å². The van der Waals surface area contributed by atoms with Crippen LogP contribution in [0.2, 0.25) is 0 Å². The summed E-state index contributed by atoms with van der Waals surface area (Å²) in [6, 6.07) is 0. The molecule has 2 nitrogen and oxygen atoms in total. The molecule has 0 aliphatic heterocycles. The number of hydrogen-bond acceptors (Lipinski definition) is 2. The van der Waals surface area contributed by atoms with Crippen LogP contribution in [0, 0.1) is 0 Å². The Morgan fingerprint density at radius 1 is 1.10 bits per heavy atom. The summed E-state index contributed by atoms with van der Waals surface area (Å²) in [7, 11) is 0. The van der Waals surface area contributed by atoms with Gasteiger partial charge in [-0.1, -0.05) is 6.08 Å². The van der Waals surface area contributed by atoms with Gasteiger partial charge in [-0.3, -0.25) is 9.59 Å². The molecule has 0 aromatic rings. The smallest absolute Gasteiger partial charge is 0.163 e. The summed E-state index contributed by atoms with van der Waals surface area (Å²) in [5.74, 6) is -0.324. The fourth-order valence-corrected chi connectivity index (χ4v) is 0.654. The Kier molecular flexibility index (Phi) is 6.73. The minimum atomic E-state index is -0.162. The molecule has 0 rings (SSSR count). The van der Waals surface area contributed by atoms with E-state index in [-0.39, 0.29) is 35.7 Å². The predicted molar refractivity (Wildman–Crippen MR) is 35.1 cm³/mol. The Balaban J connectivity index is 0. The number of allylic oxidation sites excluding steroid dienone is 2. The van der Waals surface area contributed by atoms with E-state index < -0.39 is 0 Å². The van der Waals surface area contributed by atoms with Crippen molar-refractivity contribution in [3.05, 3.63) is 11.6 Å². The first-order valence-electron chi connectivity index (χ1n) is 2.77. The molecule has 0 amide bonds. The molecule has 10 heavy (non-hydrogen) atoms. The molecule has 0 unspecified atom stereocenters. The maximum absolute atomic E-state index is 10.5. The zero-order valence-corrected chi connectivity index (χ0v) is 7.74. The number of carbonyl (C=O) groups excluding carboxylic acids is 2. The van der Waals surface area contributed by atoms with E-state index in [0.29, 0.717) is 0 Å². The Labute approximate surface area is 72.6 Å². The van der Waals surface area contributed by atoms with E-state index in [0.717, 1.165) is 0 Å². The Bertz CT molecular complexity index is 154. The van der Waals surface area contributed by atoms with Gasteiger partial charge >= 0.3 is 0 Å². The first kappa shape index (κ1) is 12.4. The molecule has 0 saturated heterocycles. The number of carbonyl (C=O) groups is 2. The van der Waals surface area contributed by atoms with E-state index in [4.69, 9.17) is 0 Å². The van der Waals surface area contributed by atoms with Crippen molar-refractivity contribution in [1.29, 1.82) is 0 Å². The Morgan fingerprint density at radius 3 is 1.40 bits per heavy atom. The third-order valence-electron chi connectivity index (χ3n) is 1.05. The van der Waals surface area contributed by atoms with E-state index >= 15 is 0 Å². The molecule has 0 saturated carbocycles. The van der Waals surface area contributed by atoms with Crippen LogP contribution in [0.1, 0.15) is 20.8 Å². The quantitative estimate of drug-likeness (QED) is 0.359. The zero-order valence-electron chi connectivity index (χ0n) is 6.34. The van der Waals surface area contributed by atoms with Gasteiger partial charge in [0.25, 0.3) is 0 Å². The van der Waals surface area contributed by atoms with Gasteiger partial charge in [0.05, 0.1) is 5.57 Å². The normalized spacial score (nSPS) is 7.50. The van der Waals surface area contributed by atoms with Crippen molar-refractivity contribution in [2.24, 2.45) is 0 Å². The third-order valence-corrected chi connectivity index (χ3v) is 1.05. The van der Waals surface area contributed by atoms with Gasteiger partial charge in [-0.2, -0.15) is 0 Å². The minimum Gasteiger partial charge on any atom is -0.294 e. The first-order valence-corrected chi connectivity index (χ1v) is 2.77. The SMILES string of the molecule is CC=C(C(C)=O)C(C)=O.[V]. The van der Waals surface area contributed by atoms with Crippen molar-refractivity contribution in [1.82, 2.24) is 0 Å². The van der Waals surface area contributed by atoms with Crippen molar-refractivity contribution < 1.29 is 28.1 Å². The Morgan fingerprint density at radius 2 is 1.40 bits per heavy atom. The second kappa shape index (κ2) is 5.45. The molecule has 55 valence electrons. The van der Waals surface area contributed by atoms with Crippen LogP contribution in [0.25, 0.3) is 0 Å². The molecular weight excluding hydrogens is 167 g/mol. The summed E-state index contributed by atoms with van der Waals surface area (Å²) in [6.45, 7) is 4.45. The molecule has 0 aromatic carbocycles. The van der Waals surface area contributed by atoms with Gasteiger partial charge in [-0.25, -0.2) is 0 Å². The predicted octanol–water partition coefficient (Wildman–Crippen LogP) is 1.11. The third kappa shape index (κ3) is 3.64. The van der Waals surface area contributed by atoms with Gasteiger partial charge in [0, 0.05) is 18.6 Å². The van der Waals surface area contributed by atoms with E-state index in [9.17, 15) is 9.59 Å². The maximum Gasteiger partial charge on any atom is 0.163 e. The van der Waals surface area contributed by atoms with Crippen LogP contribution in [0.3, 0.4) is 0 Å². The van der Waals surface area contributed by atoms with Crippen molar-refractivity contribution in [3.63, 3.8) is 0 Å². The summed E-state index contributed by atoms with van der Waals surface area (Å²) in [6.07, 6.45) is 1.53. The van der Waals surface area contributed by atoms with Gasteiger partial charge < -0.3 is 0 Å². The molecule has 0 aliphatic rings. The molecule has 0 N–H and O–H groups in total. The van der Waals surface area contributed by atoms with Crippen molar-refractivity contribution in [2.45, 2.75) is 20.8 Å². The minimum absolute atomic E-state index is 0. The van der Waals surface area contributed by atoms with Crippen LogP contribution in [0.5, 0.6) is 0 Å². The number of hydrogen-bond donors (Lipinski definition) is 0.